The molecule has 0 atom stereocenters. The number of unbranched alkanes of at least 4 members (excludes halogenated alkanes) is 2. The van der Waals surface area contributed by atoms with Crippen LogP contribution < -0.4 is 0 Å². The molecule has 0 saturated heterocycles. The minimum atomic E-state index is -2.32. The van der Waals surface area contributed by atoms with Gasteiger partial charge in [0.05, 0.1) is 0 Å². The van der Waals surface area contributed by atoms with Crippen LogP contribution in [0.25, 0.3) is 0 Å². The summed E-state index contributed by atoms with van der Waals surface area (Å²) in [6.45, 7) is 32.0. The summed E-state index contributed by atoms with van der Waals surface area (Å²) in [5.41, 5.74) is -4.64. The molecule has 112 valence electrons. The molecule has 21 heavy (non-hydrogen) atoms. The van der Waals surface area contributed by atoms with Gasteiger partial charge in [-0.05, 0) is 39.5 Å². The molecule has 0 spiro atoms. The molecule has 0 N–H and O–H groups in total. The van der Waals surface area contributed by atoms with Crippen molar-refractivity contribution in [3.05, 3.63) is 41.5 Å². The van der Waals surface area contributed by atoms with Crippen LogP contribution in [0, 0.1) is 41.5 Å². The van der Waals surface area contributed by atoms with E-state index >= 15 is 0 Å². The minimum Gasteiger partial charge on any atom is -0.389 e. The number of esters is 2. The van der Waals surface area contributed by atoms with Gasteiger partial charge in [-0.1, -0.05) is 0 Å². The van der Waals surface area contributed by atoms with Gasteiger partial charge in [-0.3, -0.25) is 0 Å². The summed E-state index contributed by atoms with van der Waals surface area (Å²) in [6, 6.07) is 0. The Morgan fingerprint density at radius 1 is 0.762 bits per heavy atom. The fourth-order valence-corrected chi connectivity index (χ4v) is 1.01. The SMILES string of the molecule is [CH]CCCOC([CH])([CH])C(=O)OC(=O)C([CH])([CH])OCCC[CH]. The summed E-state index contributed by atoms with van der Waals surface area (Å²) in [4.78, 5) is 23.2. The first kappa shape index (κ1) is 20.1. The fourth-order valence-electron chi connectivity index (χ4n) is 1.01. The second-order valence-electron chi connectivity index (χ2n) is 4.24. The average Bonchev–Trinajstić information content (AvgIpc) is 2.38. The third-order valence-electron chi connectivity index (χ3n) is 2.20. The summed E-state index contributed by atoms with van der Waals surface area (Å²) >= 11 is 0. The molecule has 0 aliphatic rings. The molecular weight excluding hydrogens is 272 g/mol. The van der Waals surface area contributed by atoms with Crippen molar-refractivity contribution in [3.63, 3.8) is 0 Å². The van der Waals surface area contributed by atoms with Gasteiger partial charge < -0.3 is 14.2 Å². The lowest BCUT2D eigenvalue weighted by Gasteiger charge is -2.25. The molecule has 5 heteroatoms. The lowest BCUT2D eigenvalue weighted by molar-refractivity contribution is -0.180. The second kappa shape index (κ2) is 9.15. The van der Waals surface area contributed by atoms with Crippen molar-refractivity contribution in [1.82, 2.24) is 0 Å². The van der Waals surface area contributed by atoms with Crippen LogP contribution >= 0.6 is 0 Å². The van der Waals surface area contributed by atoms with Crippen molar-refractivity contribution in [1.29, 1.82) is 0 Å². The topological polar surface area (TPSA) is 61.8 Å². The number of carbonyl (C=O) groups excluding carboxylic acids is 2. The molecule has 0 rings (SSSR count). The number of hydrogen-bond acceptors (Lipinski definition) is 5. The van der Waals surface area contributed by atoms with Crippen LogP contribution in [0.1, 0.15) is 25.7 Å². The standard InChI is InChI=1S/C16H18O5/c1-7-9-11-19-15(3,4)13(17)21-14(18)16(5,6)20-12-10-8-2/h1-6H,7-12H2. The number of carbonyl (C=O) groups is 2. The third kappa shape index (κ3) is 7.58. The number of ether oxygens (including phenoxy) is 3. The summed E-state index contributed by atoms with van der Waals surface area (Å²) in [6.07, 6.45) is 1.45. The zero-order valence-electron chi connectivity index (χ0n) is 11.7. The van der Waals surface area contributed by atoms with Gasteiger partial charge >= 0.3 is 11.9 Å². The highest BCUT2D eigenvalue weighted by molar-refractivity contribution is 5.95. The van der Waals surface area contributed by atoms with E-state index in [0.717, 1.165) is 0 Å². The largest absolute Gasteiger partial charge is 0.389 e. The zero-order chi connectivity index (χ0) is 16.5. The van der Waals surface area contributed by atoms with Crippen LogP contribution in [-0.2, 0) is 23.8 Å². The van der Waals surface area contributed by atoms with E-state index in [0.29, 0.717) is 25.7 Å². The lowest BCUT2D eigenvalue weighted by Crippen LogP contribution is -2.45. The molecule has 0 aliphatic carbocycles. The molecule has 0 unspecified atom stereocenters. The second-order valence-corrected chi connectivity index (χ2v) is 4.24. The molecule has 0 aliphatic heterocycles. The van der Waals surface area contributed by atoms with Crippen LogP contribution in [0.2, 0.25) is 0 Å². The Morgan fingerprint density at radius 2 is 1.10 bits per heavy atom. The predicted molar refractivity (Wildman–Crippen MR) is 72.7 cm³/mol. The van der Waals surface area contributed by atoms with Gasteiger partial charge in [-0.25, -0.2) is 9.59 Å². The summed E-state index contributed by atoms with van der Waals surface area (Å²) in [5, 5.41) is 0. The average molecular weight is 290 g/mol. The van der Waals surface area contributed by atoms with E-state index in [9.17, 15) is 9.59 Å². The highest BCUT2D eigenvalue weighted by atomic mass is 16.6. The van der Waals surface area contributed by atoms with Crippen molar-refractivity contribution in [3.8, 4) is 0 Å². The maximum Gasteiger partial charge on any atom is 0.346 e. The maximum absolute atomic E-state index is 11.6. The maximum atomic E-state index is 11.6. The van der Waals surface area contributed by atoms with Crippen molar-refractivity contribution >= 4 is 11.9 Å². The van der Waals surface area contributed by atoms with Crippen LogP contribution in [0.5, 0.6) is 0 Å². The molecule has 0 amide bonds. The molecule has 0 heterocycles. The Hall–Kier alpha value is -0.940. The van der Waals surface area contributed by atoms with Crippen molar-refractivity contribution in [2.45, 2.75) is 36.9 Å². The first-order valence-electron chi connectivity index (χ1n) is 6.27. The summed E-state index contributed by atoms with van der Waals surface area (Å²) < 4.78 is 14.1. The van der Waals surface area contributed by atoms with Crippen LogP contribution in [0.15, 0.2) is 0 Å². The zero-order valence-corrected chi connectivity index (χ0v) is 11.7. The quantitative estimate of drug-likeness (QED) is 0.346. The smallest absolute Gasteiger partial charge is 0.346 e. The molecule has 5 nitrogen and oxygen atoms in total. The molecule has 0 saturated carbocycles. The molecule has 0 fully saturated rings. The van der Waals surface area contributed by atoms with Gasteiger partial charge in [0.2, 0.25) is 0 Å². The van der Waals surface area contributed by atoms with E-state index in [1.807, 2.05) is 0 Å². The Balaban J connectivity index is 4.43. The monoisotopic (exact) mass is 290 g/mol. The Bertz CT molecular complexity index is 302. The Morgan fingerprint density at radius 3 is 1.38 bits per heavy atom. The molecule has 0 aromatic heterocycles. The molecule has 12 radical (unpaired) electrons. The highest BCUT2D eigenvalue weighted by Crippen LogP contribution is 2.16. The van der Waals surface area contributed by atoms with E-state index < -0.39 is 23.1 Å². The first-order valence-corrected chi connectivity index (χ1v) is 6.27. The van der Waals surface area contributed by atoms with Gasteiger partial charge in [-0.15, -0.1) is 0 Å². The van der Waals surface area contributed by atoms with Crippen molar-refractivity contribution in [2.75, 3.05) is 13.2 Å². The summed E-state index contributed by atoms with van der Waals surface area (Å²) in [5.74, 6) is -2.71. The molecule has 0 bridgehead atoms. The van der Waals surface area contributed by atoms with Crippen LogP contribution in [0.4, 0.5) is 0 Å². The summed E-state index contributed by atoms with van der Waals surface area (Å²) in [7, 11) is 0. The van der Waals surface area contributed by atoms with Gasteiger partial charge in [0.15, 0.2) is 11.2 Å². The molecular formula is C16H18O5. The van der Waals surface area contributed by atoms with Crippen molar-refractivity contribution < 1.29 is 23.8 Å². The van der Waals surface area contributed by atoms with E-state index in [4.69, 9.17) is 51.0 Å². The fraction of sp³-hybridized carbons (Fsp3) is 0.500. The minimum absolute atomic E-state index is 0.0101. The Kier molecular flexibility index (Phi) is 8.74. The highest BCUT2D eigenvalue weighted by Gasteiger charge is 2.38. The van der Waals surface area contributed by atoms with Gasteiger partial charge in [0.1, 0.15) is 0 Å². The lowest BCUT2D eigenvalue weighted by atomic mass is 10.1. The van der Waals surface area contributed by atoms with Crippen molar-refractivity contribution in [2.24, 2.45) is 0 Å². The third-order valence-corrected chi connectivity index (χ3v) is 2.20. The normalized spacial score (nSPS) is 12.3. The van der Waals surface area contributed by atoms with Gasteiger partial charge in [-0.2, -0.15) is 0 Å². The Labute approximate surface area is 128 Å². The van der Waals surface area contributed by atoms with Crippen LogP contribution in [0.3, 0.4) is 0 Å². The van der Waals surface area contributed by atoms with E-state index in [-0.39, 0.29) is 13.2 Å². The molecule has 0 aromatic carbocycles. The van der Waals surface area contributed by atoms with E-state index in [1.165, 1.54) is 0 Å². The van der Waals surface area contributed by atoms with Gasteiger partial charge in [0, 0.05) is 40.9 Å². The number of rotatable bonds is 10. The van der Waals surface area contributed by atoms with E-state index in [1.54, 1.807) is 0 Å². The molecule has 0 aromatic rings. The van der Waals surface area contributed by atoms with E-state index in [2.05, 4.69) is 4.74 Å². The first-order chi connectivity index (χ1) is 9.67. The van der Waals surface area contributed by atoms with Gasteiger partial charge in [0.25, 0.3) is 0 Å². The van der Waals surface area contributed by atoms with Crippen LogP contribution in [-0.4, -0.2) is 36.4 Å². The predicted octanol–water partition coefficient (Wildman–Crippen LogP) is 1.39. The number of hydrogen-bond donors (Lipinski definition) is 0.